The molecular weight excluding hydrogens is 479 g/mol. The molecule has 0 aromatic heterocycles. The van der Waals surface area contributed by atoms with Crippen molar-refractivity contribution in [2.75, 3.05) is 25.5 Å². The topological polar surface area (TPSA) is 75.7 Å². The Kier molecular flexibility index (Phi) is 7.72. The van der Waals surface area contributed by atoms with Gasteiger partial charge in [-0.1, -0.05) is 12.1 Å². The first-order valence-electron chi connectivity index (χ1n) is 9.65. The average molecular weight is 499 g/mol. The minimum atomic E-state index is -0.412. The third-order valence-electron chi connectivity index (χ3n) is 4.54. The normalized spacial score (nSPS) is 10.3. The highest BCUT2D eigenvalue weighted by Crippen LogP contribution is 2.21. The highest BCUT2D eigenvalue weighted by molar-refractivity contribution is 9.10. The molecule has 0 bridgehead atoms. The van der Waals surface area contributed by atoms with Gasteiger partial charge in [0.05, 0.1) is 12.2 Å². The molecule has 3 rings (SSSR count). The predicted molar refractivity (Wildman–Crippen MR) is 122 cm³/mol. The fourth-order valence-electron chi connectivity index (χ4n) is 2.78. The fourth-order valence-corrected chi connectivity index (χ4v) is 3.17. The zero-order valence-electron chi connectivity index (χ0n) is 17.2. The summed E-state index contributed by atoms with van der Waals surface area (Å²) in [4.78, 5) is 38.1. The Morgan fingerprint density at radius 3 is 2.16 bits per heavy atom. The summed E-state index contributed by atoms with van der Waals surface area (Å²) in [6.07, 6.45) is 0. The third-order valence-corrected chi connectivity index (χ3v) is 5.23. The first kappa shape index (κ1) is 23.1. The standard InChI is InChI=1S/C24H20BrFN2O4/c1-28(14-22(29)27-21-5-3-2-4-20(21)25)23(30)15-32-19-12-8-17(9-13-19)24(31)16-6-10-18(26)11-7-16/h2-13H,14-15H2,1H3,(H,27,29). The number of hydrogen-bond donors (Lipinski definition) is 1. The van der Waals surface area contributed by atoms with Gasteiger partial charge in [-0.15, -0.1) is 0 Å². The molecule has 32 heavy (non-hydrogen) atoms. The highest BCUT2D eigenvalue weighted by atomic mass is 79.9. The zero-order valence-corrected chi connectivity index (χ0v) is 18.8. The monoisotopic (exact) mass is 498 g/mol. The molecule has 2 amide bonds. The maximum absolute atomic E-state index is 13.0. The van der Waals surface area contributed by atoms with Gasteiger partial charge in [-0.25, -0.2) is 4.39 Å². The van der Waals surface area contributed by atoms with E-state index in [1.165, 1.54) is 36.2 Å². The molecule has 0 saturated heterocycles. The summed E-state index contributed by atoms with van der Waals surface area (Å²) in [5.41, 5.74) is 1.40. The molecular formula is C24H20BrFN2O4. The number of nitrogens with one attached hydrogen (secondary N) is 1. The quantitative estimate of drug-likeness (QED) is 0.470. The van der Waals surface area contributed by atoms with Crippen LogP contribution in [0.3, 0.4) is 0 Å². The van der Waals surface area contributed by atoms with E-state index in [4.69, 9.17) is 4.74 Å². The largest absolute Gasteiger partial charge is 0.484 e. The highest BCUT2D eigenvalue weighted by Gasteiger charge is 2.15. The number of halogens is 2. The Hall–Kier alpha value is -3.52. The molecule has 0 aliphatic rings. The van der Waals surface area contributed by atoms with E-state index in [2.05, 4.69) is 21.2 Å². The molecule has 0 spiro atoms. The Bertz CT molecular complexity index is 1120. The second-order valence-electron chi connectivity index (χ2n) is 6.93. The molecule has 6 nitrogen and oxygen atoms in total. The first-order valence-corrected chi connectivity index (χ1v) is 10.4. The molecule has 1 N–H and O–H groups in total. The molecule has 3 aromatic rings. The van der Waals surface area contributed by atoms with E-state index in [-0.39, 0.29) is 30.7 Å². The number of hydrogen-bond acceptors (Lipinski definition) is 4. The van der Waals surface area contributed by atoms with Gasteiger partial charge in [0.2, 0.25) is 5.91 Å². The number of benzene rings is 3. The molecule has 0 radical (unpaired) electrons. The number of ether oxygens (including phenoxy) is 1. The number of para-hydroxylation sites is 1. The summed E-state index contributed by atoms with van der Waals surface area (Å²) in [6, 6.07) is 18.8. The van der Waals surface area contributed by atoms with Crippen LogP contribution in [-0.4, -0.2) is 42.7 Å². The number of anilines is 1. The summed E-state index contributed by atoms with van der Waals surface area (Å²) in [5.74, 6) is -0.969. The van der Waals surface area contributed by atoms with Crippen LogP contribution in [0.4, 0.5) is 10.1 Å². The summed E-state index contributed by atoms with van der Waals surface area (Å²) in [5, 5.41) is 2.73. The lowest BCUT2D eigenvalue weighted by molar-refractivity contribution is -0.135. The predicted octanol–water partition coefficient (Wildman–Crippen LogP) is 4.30. The number of carbonyl (C=O) groups excluding carboxylic acids is 3. The van der Waals surface area contributed by atoms with Crippen LogP contribution in [0, 0.1) is 5.82 Å². The molecule has 0 fully saturated rings. The van der Waals surface area contributed by atoms with Crippen molar-refractivity contribution in [1.82, 2.24) is 4.90 Å². The van der Waals surface area contributed by atoms with Crippen molar-refractivity contribution < 1.29 is 23.5 Å². The van der Waals surface area contributed by atoms with Gasteiger partial charge in [0.15, 0.2) is 12.4 Å². The molecule has 0 aliphatic heterocycles. The molecule has 0 heterocycles. The van der Waals surface area contributed by atoms with Crippen molar-refractivity contribution in [2.45, 2.75) is 0 Å². The van der Waals surface area contributed by atoms with Crippen molar-refractivity contribution in [3.63, 3.8) is 0 Å². The molecule has 8 heteroatoms. The molecule has 164 valence electrons. The average Bonchev–Trinajstić information content (AvgIpc) is 2.79. The lowest BCUT2D eigenvalue weighted by Crippen LogP contribution is -2.37. The minimum absolute atomic E-state index is 0.130. The van der Waals surface area contributed by atoms with Gasteiger partial charge in [-0.05, 0) is 76.6 Å². The summed E-state index contributed by atoms with van der Waals surface area (Å²) < 4.78 is 19.2. The van der Waals surface area contributed by atoms with Crippen molar-refractivity contribution >= 4 is 39.2 Å². The molecule has 0 aliphatic carbocycles. The molecule has 0 unspecified atom stereocenters. The summed E-state index contributed by atoms with van der Waals surface area (Å²) in [6.45, 7) is -0.390. The van der Waals surface area contributed by atoms with Crippen molar-refractivity contribution in [3.8, 4) is 5.75 Å². The van der Waals surface area contributed by atoms with Crippen LogP contribution in [-0.2, 0) is 9.59 Å². The van der Waals surface area contributed by atoms with Crippen LogP contribution in [0.5, 0.6) is 5.75 Å². The van der Waals surface area contributed by atoms with E-state index >= 15 is 0 Å². The third kappa shape index (κ3) is 6.24. The Balaban J connectivity index is 1.49. The van der Waals surface area contributed by atoms with Crippen LogP contribution in [0.2, 0.25) is 0 Å². The molecule has 0 atom stereocenters. The SMILES string of the molecule is CN(CC(=O)Nc1ccccc1Br)C(=O)COc1ccc(C(=O)c2ccc(F)cc2)cc1. The van der Waals surface area contributed by atoms with E-state index in [0.717, 1.165) is 4.47 Å². The second kappa shape index (κ2) is 10.7. The van der Waals surface area contributed by atoms with E-state index in [9.17, 15) is 18.8 Å². The number of carbonyl (C=O) groups is 3. The van der Waals surface area contributed by atoms with Crippen molar-refractivity contribution in [1.29, 1.82) is 0 Å². The van der Waals surface area contributed by atoms with Crippen molar-refractivity contribution in [2.24, 2.45) is 0 Å². The van der Waals surface area contributed by atoms with Crippen LogP contribution in [0.15, 0.2) is 77.3 Å². The van der Waals surface area contributed by atoms with E-state index in [1.54, 1.807) is 42.5 Å². The Labute approximate surface area is 193 Å². The number of rotatable bonds is 8. The van der Waals surface area contributed by atoms with Crippen LogP contribution in [0.25, 0.3) is 0 Å². The van der Waals surface area contributed by atoms with Gasteiger partial charge >= 0.3 is 0 Å². The van der Waals surface area contributed by atoms with E-state index in [1.807, 2.05) is 6.07 Å². The summed E-state index contributed by atoms with van der Waals surface area (Å²) in [7, 11) is 1.51. The number of likely N-dealkylation sites (N-methyl/N-ethyl adjacent to an activating group) is 1. The lowest BCUT2D eigenvalue weighted by Gasteiger charge is -2.17. The van der Waals surface area contributed by atoms with Crippen LogP contribution < -0.4 is 10.1 Å². The van der Waals surface area contributed by atoms with Gasteiger partial charge in [-0.3, -0.25) is 14.4 Å². The second-order valence-corrected chi connectivity index (χ2v) is 7.78. The van der Waals surface area contributed by atoms with Crippen LogP contribution >= 0.6 is 15.9 Å². The molecule has 3 aromatic carbocycles. The minimum Gasteiger partial charge on any atom is -0.484 e. The van der Waals surface area contributed by atoms with Gasteiger partial charge < -0.3 is 15.0 Å². The Morgan fingerprint density at radius 1 is 0.938 bits per heavy atom. The first-order chi connectivity index (χ1) is 15.3. The molecule has 0 saturated carbocycles. The number of ketones is 1. The fraction of sp³-hybridized carbons (Fsp3) is 0.125. The smallest absolute Gasteiger partial charge is 0.260 e. The van der Waals surface area contributed by atoms with Gasteiger partial charge in [0.1, 0.15) is 11.6 Å². The van der Waals surface area contributed by atoms with Gasteiger partial charge in [0, 0.05) is 22.6 Å². The van der Waals surface area contributed by atoms with E-state index in [0.29, 0.717) is 22.6 Å². The summed E-state index contributed by atoms with van der Waals surface area (Å²) >= 11 is 3.35. The maximum atomic E-state index is 13.0. The van der Waals surface area contributed by atoms with Gasteiger partial charge in [-0.2, -0.15) is 0 Å². The number of nitrogens with zero attached hydrogens (tertiary/aromatic N) is 1. The Morgan fingerprint density at radius 2 is 1.53 bits per heavy atom. The van der Waals surface area contributed by atoms with Crippen molar-refractivity contribution in [3.05, 3.63) is 94.2 Å². The number of amides is 2. The maximum Gasteiger partial charge on any atom is 0.260 e. The van der Waals surface area contributed by atoms with Gasteiger partial charge in [0.25, 0.3) is 5.91 Å². The van der Waals surface area contributed by atoms with E-state index < -0.39 is 5.82 Å². The lowest BCUT2D eigenvalue weighted by atomic mass is 10.0. The zero-order chi connectivity index (χ0) is 23.1. The van der Waals surface area contributed by atoms with Crippen LogP contribution in [0.1, 0.15) is 15.9 Å².